The molecule has 5 heteroatoms. The van der Waals surface area contributed by atoms with Gasteiger partial charge in [-0.3, -0.25) is 9.59 Å². The van der Waals surface area contributed by atoms with Gasteiger partial charge in [-0.15, -0.1) is 0 Å². The minimum atomic E-state index is -0.424. The van der Waals surface area contributed by atoms with Crippen LogP contribution in [0.15, 0.2) is 24.3 Å². The zero-order chi connectivity index (χ0) is 14.5. The first-order valence-electron chi connectivity index (χ1n) is 6.95. The zero-order valence-corrected chi connectivity index (χ0v) is 11.9. The zero-order valence-electron chi connectivity index (χ0n) is 11.9. The topological polar surface area (TPSA) is 58.6 Å². The molecule has 2 rings (SSSR count). The molecule has 2 amide bonds. The average Bonchev–Trinajstić information content (AvgIpc) is 2.48. The maximum absolute atomic E-state index is 12.4. The van der Waals surface area contributed by atoms with Crippen molar-refractivity contribution < 1.29 is 14.3 Å². The lowest BCUT2D eigenvalue weighted by atomic mass is 10.1. The SMILES string of the molecule is CCCOc1ccc(C(=O)N2CCNC(=O)C2C)cc1. The lowest BCUT2D eigenvalue weighted by Gasteiger charge is -2.32. The van der Waals surface area contributed by atoms with Crippen molar-refractivity contribution in [2.45, 2.75) is 26.3 Å². The van der Waals surface area contributed by atoms with Crippen LogP contribution in [0.1, 0.15) is 30.6 Å². The molecule has 1 fully saturated rings. The Morgan fingerprint density at radius 2 is 2.10 bits per heavy atom. The second kappa shape index (κ2) is 6.41. The Balaban J connectivity index is 2.06. The predicted molar refractivity (Wildman–Crippen MR) is 75.7 cm³/mol. The molecule has 1 aliphatic rings. The number of nitrogens with zero attached hydrogens (tertiary/aromatic N) is 1. The maximum atomic E-state index is 12.4. The number of carbonyl (C=O) groups is 2. The predicted octanol–water partition coefficient (Wildman–Crippen LogP) is 1.44. The highest BCUT2D eigenvalue weighted by atomic mass is 16.5. The van der Waals surface area contributed by atoms with Crippen molar-refractivity contribution in [3.63, 3.8) is 0 Å². The van der Waals surface area contributed by atoms with E-state index in [2.05, 4.69) is 5.32 Å². The Bertz CT molecular complexity index is 484. The lowest BCUT2D eigenvalue weighted by molar-refractivity contribution is -0.127. The van der Waals surface area contributed by atoms with Crippen LogP contribution in [0.5, 0.6) is 5.75 Å². The Labute approximate surface area is 118 Å². The van der Waals surface area contributed by atoms with E-state index in [1.807, 2.05) is 6.92 Å². The van der Waals surface area contributed by atoms with Crippen molar-refractivity contribution in [3.05, 3.63) is 29.8 Å². The second-order valence-corrected chi connectivity index (χ2v) is 4.84. The van der Waals surface area contributed by atoms with E-state index in [1.54, 1.807) is 36.1 Å². The third-order valence-corrected chi connectivity index (χ3v) is 3.33. The number of hydrogen-bond acceptors (Lipinski definition) is 3. The van der Waals surface area contributed by atoms with Crippen molar-refractivity contribution in [2.24, 2.45) is 0 Å². The molecule has 1 heterocycles. The molecule has 1 N–H and O–H groups in total. The first-order chi connectivity index (χ1) is 9.63. The number of piperazine rings is 1. The highest BCUT2D eigenvalue weighted by Crippen LogP contribution is 2.16. The number of rotatable bonds is 4. The van der Waals surface area contributed by atoms with Crippen molar-refractivity contribution >= 4 is 11.8 Å². The number of amides is 2. The van der Waals surface area contributed by atoms with Crippen LogP contribution in [-0.4, -0.2) is 42.5 Å². The summed E-state index contributed by atoms with van der Waals surface area (Å²) in [5.41, 5.74) is 0.579. The van der Waals surface area contributed by atoms with Gasteiger partial charge in [-0.1, -0.05) is 6.92 Å². The van der Waals surface area contributed by atoms with E-state index in [4.69, 9.17) is 4.74 Å². The van der Waals surface area contributed by atoms with Crippen LogP contribution in [-0.2, 0) is 4.79 Å². The molecule has 1 aromatic carbocycles. The van der Waals surface area contributed by atoms with Gasteiger partial charge >= 0.3 is 0 Å². The minimum absolute atomic E-state index is 0.104. The molecular weight excluding hydrogens is 256 g/mol. The number of benzene rings is 1. The fourth-order valence-electron chi connectivity index (χ4n) is 2.14. The summed E-state index contributed by atoms with van der Waals surface area (Å²) in [7, 11) is 0. The highest BCUT2D eigenvalue weighted by Gasteiger charge is 2.29. The van der Waals surface area contributed by atoms with Crippen molar-refractivity contribution in [3.8, 4) is 5.75 Å². The summed E-state index contributed by atoms with van der Waals surface area (Å²) in [6, 6.07) is 6.64. The Morgan fingerprint density at radius 1 is 1.40 bits per heavy atom. The largest absolute Gasteiger partial charge is 0.494 e. The van der Waals surface area contributed by atoms with Gasteiger partial charge in [0.25, 0.3) is 5.91 Å². The van der Waals surface area contributed by atoms with E-state index in [0.717, 1.165) is 12.2 Å². The number of hydrogen-bond donors (Lipinski definition) is 1. The summed E-state index contributed by atoms with van der Waals surface area (Å²) < 4.78 is 5.48. The van der Waals surface area contributed by atoms with Crippen molar-refractivity contribution in [2.75, 3.05) is 19.7 Å². The maximum Gasteiger partial charge on any atom is 0.254 e. The molecule has 108 valence electrons. The summed E-state index contributed by atoms with van der Waals surface area (Å²) in [6.07, 6.45) is 0.946. The van der Waals surface area contributed by atoms with Crippen LogP contribution < -0.4 is 10.1 Å². The molecule has 0 saturated carbocycles. The van der Waals surface area contributed by atoms with Crippen LogP contribution in [0.4, 0.5) is 0 Å². The summed E-state index contributed by atoms with van der Waals surface area (Å²) in [6.45, 7) is 5.49. The molecule has 1 unspecified atom stereocenters. The smallest absolute Gasteiger partial charge is 0.254 e. The van der Waals surface area contributed by atoms with Crippen LogP contribution in [0.3, 0.4) is 0 Å². The molecule has 5 nitrogen and oxygen atoms in total. The van der Waals surface area contributed by atoms with Gasteiger partial charge in [0, 0.05) is 18.7 Å². The molecule has 1 aliphatic heterocycles. The average molecular weight is 276 g/mol. The number of carbonyl (C=O) groups excluding carboxylic acids is 2. The van der Waals surface area contributed by atoms with E-state index >= 15 is 0 Å². The molecule has 1 aromatic rings. The molecular formula is C15H20N2O3. The Morgan fingerprint density at radius 3 is 2.75 bits per heavy atom. The number of nitrogens with one attached hydrogen (secondary N) is 1. The molecule has 0 aromatic heterocycles. The quantitative estimate of drug-likeness (QED) is 0.905. The molecule has 0 bridgehead atoms. The van der Waals surface area contributed by atoms with Gasteiger partial charge in [0.1, 0.15) is 11.8 Å². The molecule has 1 saturated heterocycles. The fraction of sp³-hybridized carbons (Fsp3) is 0.467. The van der Waals surface area contributed by atoms with Gasteiger partial charge in [0.05, 0.1) is 6.61 Å². The van der Waals surface area contributed by atoms with Gasteiger partial charge in [-0.25, -0.2) is 0 Å². The molecule has 20 heavy (non-hydrogen) atoms. The highest BCUT2D eigenvalue weighted by molar-refractivity contribution is 5.98. The molecule has 1 atom stereocenters. The van der Waals surface area contributed by atoms with Crippen LogP contribution in [0.25, 0.3) is 0 Å². The van der Waals surface area contributed by atoms with Crippen molar-refractivity contribution in [1.82, 2.24) is 10.2 Å². The summed E-state index contributed by atoms with van der Waals surface area (Å²) in [5.74, 6) is 0.537. The van der Waals surface area contributed by atoms with Crippen molar-refractivity contribution in [1.29, 1.82) is 0 Å². The van der Waals surface area contributed by atoms with Crippen LogP contribution in [0, 0.1) is 0 Å². The van der Waals surface area contributed by atoms with E-state index in [-0.39, 0.29) is 11.8 Å². The first kappa shape index (κ1) is 14.4. The van der Waals surface area contributed by atoms with Gasteiger partial charge in [0.15, 0.2) is 0 Å². The third-order valence-electron chi connectivity index (χ3n) is 3.33. The molecule has 0 aliphatic carbocycles. The van der Waals surface area contributed by atoms with Crippen LogP contribution in [0.2, 0.25) is 0 Å². The summed E-state index contributed by atoms with van der Waals surface area (Å²) >= 11 is 0. The van der Waals surface area contributed by atoms with E-state index in [0.29, 0.717) is 25.3 Å². The Kier molecular flexibility index (Phi) is 4.61. The third kappa shape index (κ3) is 3.10. The molecule has 0 radical (unpaired) electrons. The van der Waals surface area contributed by atoms with Gasteiger partial charge in [0.2, 0.25) is 5.91 Å². The fourth-order valence-corrected chi connectivity index (χ4v) is 2.14. The Hall–Kier alpha value is -2.04. The lowest BCUT2D eigenvalue weighted by Crippen LogP contribution is -2.55. The number of ether oxygens (including phenoxy) is 1. The summed E-state index contributed by atoms with van der Waals surface area (Å²) in [4.78, 5) is 25.6. The minimum Gasteiger partial charge on any atom is -0.494 e. The van der Waals surface area contributed by atoms with E-state index < -0.39 is 6.04 Å². The standard InChI is InChI=1S/C15H20N2O3/c1-3-10-20-13-6-4-12(5-7-13)15(19)17-9-8-16-14(18)11(17)2/h4-7,11H,3,8-10H2,1-2H3,(H,16,18). The van der Waals surface area contributed by atoms with Gasteiger partial charge in [-0.05, 0) is 37.6 Å². The molecule has 0 spiro atoms. The normalized spacial score (nSPS) is 18.6. The van der Waals surface area contributed by atoms with E-state index in [1.165, 1.54) is 0 Å². The first-order valence-corrected chi connectivity index (χ1v) is 6.95. The summed E-state index contributed by atoms with van der Waals surface area (Å²) in [5, 5.41) is 2.75. The van der Waals surface area contributed by atoms with Gasteiger partial charge in [-0.2, -0.15) is 0 Å². The van der Waals surface area contributed by atoms with E-state index in [9.17, 15) is 9.59 Å². The second-order valence-electron chi connectivity index (χ2n) is 4.84. The van der Waals surface area contributed by atoms with Gasteiger partial charge < -0.3 is 15.0 Å². The van der Waals surface area contributed by atoms with Crippen LogP contribution >= 0.6 is 0 Å². The monoisotopic (exact) mass is 276 g/mol.